The Hall–Kier alpha value is -1.62. The molecule has 1 unspecified atom stereocenters. The first-order valence-corrected chi connectivity index (χ1v) is 6.62. The summed E-state index contributed by atoms with van der Waals surface area (Å²) >= 11 is 3.28. The van der Waals surface area contributed by atoms with Crippen molar-refractivity contribution in [1.82, 2.24) is 4.57 Å². The van der Waals surface area contributed by atoms with Gasteiger partial charge in [0, 0.05) is 16.7 Å². The molecule has 1 N–H and O–H groups in total. The van der Waals surface area contributed by atoms with E-state index in [0.717, 1.165) is 10.0 Å². The lowest BCUT2D eigenvalue weighted by atomic mass is 10.1. The predicted molar refractivity (Wildman–Crippen MR) is 73.9 cm³/mol. The molecular formula is C14H13BrFNO2. The first kappa shape index (κ1) is 13.8. The van der Waals surface area contributed by atoms with Gasteiger partial charge in [-0.3, -0.25) is 0 Å². The first-order valence-electron chi connectivity index (χ1n) is 5.82. The van der Waals surface area contributed by atoms with Crippen molar-refractivity contribution in [3.8, 4) is 0 Å². The number of halogens is 2. The Morgan fingerprint density at radius 2 is 2.05 bits per heavy atom. The molecule has 100 valence electrons. The number of carboxylic acids is 1. The molecule has 0 radical (unpaired) electrons. The maximum atomic E-state index is 12.8. The lowest BCUT2D eigenvalue weighted by Gasteiger charge is -2.16. The molecule has 0 saturated carbocycles. The van der Waals surface area contributed by atoms with E-state index in [2.05, 4.69) is 15.9 Å². The van der Waals surface area contributed by atoms with Gasteiger partial charge in [0.25, 0.3) is 0 Å². The van der Waals surface area contributed by atoms with Crippen molar-refractivity contribution in [3.05, 3.63) is 58.1 Å². The summed E-state index contributed by atoms with van der Waals surface area (Å²) in [6, 6.07) is 7.79. The van der Waals surface area contributed by atoms with Crippen LogP contribution in [0, 0.1) is 5.82 Å². The summed E-state index contributed by atoms with van der Waals surface area (Å²) in [6.07, 6.45) is 2.39. The molecule has 0 fully saturated rings. The Bertz CT molecular complexity index is 592. The molecule has 19 heavy (non-hydrogen) atoms. The van der Waals surface area contributed by atoms with Gasteiger partial charge < -0.3 is 9.67 Å². The third-order valence-electron chi connectivity index (χ3n) is 2.95. The largest absolute Gasteiger partial charge is 0.477 e. The fraction of sp³-hybridized carbons (Fsp3) is 0.214. The molecule has 0 bridgehead atoms. The molecule has 0 aliphatic rings. The number of aromatic nitrogens is 1. The predicted octanol–water partition coefficient (Wildman–Crippen LogP) is 3.89. The Balaban J connectivity index is 2.22. The highest BCUT2D eigenvalue weighted by molar-refractivity contribution is 9.10. The average molecular weight is 326 g/mol. The summed E-state index contributed by atoms with van der Waals surface area (Å²) in [4.78, 5) is 11.1. The van der Waals surface area contributed by atoms with Crippen molar-refractivity contribution in [2.24, 2.45) is 0 Å². The van der Waals surface area contributed by atoms with Gasteiger partial charge in [-0.15, -0.1) is 0 Å². The molecule has 1 aromatic heterocycles. The standard InChI is InChI=1S/C14H13BrFNO2/c1-9(6-10-2-4-12(16)5-3-10)17-8-11(15)7-13(17)14(18)19/h2-5,7-9H,6H2,1H3,(H,18,19). The van der Waals surface area contributed by atoms with Crippen LogP contribution in [-0.2, 0) is 6.42 Å². The van der Waals surface area contributed by atoms with E-state index in [-0.39, 0.29) is 17.6 Å². The fourth-order valence-corrected chi connectivity index (χ4v) is 2.48. The van der Waals surface area contributed by atoms with Gasteiger partial charge in [0.2, 0.25) is 0 Å². The second-order valence-corrected chi connectivity index (χ2v) is 5.35. The minimum Gasteiger partial charge on any atom is -0.477 e. The van der Waals surface area contributed by atoms with Crippen LogP contribution in [0.25, 0.3) is 0 Å². The molecule has 0 aliphatic carbocycles. The number of nitrogens with zero attached hydrogens (tertiary/aromatic N) is 1. The van der Waals surface area contributed by atoms with E-state index in [0.29, 0.717) is 6.42 Å². The van der Waals surface area contributed by atoms with E-state index >= 15 is 0 Å². The van der Waals surface area contributed by atoms with E-state index in [1.807, 2.05) is 6.92 Å². The third-order valence-corrected chi connectivity index (χ3v) is 3.39. The topological polar surface area (TPSA) is 42.2 Å². The number of benzene rings is 1. The van der Waals surface area contributed by atoms with Crippen LogP contribution in [0.15, 0.2) is 41.0 Å². The molecule has 0 spiro atoms. The quantitative estimate of drug-likeness (QED) is 0.926. The van der Waals surface area contributed by atoms with Gasteiger partial charge in [0.15, 0.2) is 0 Å². The van der Waals surface area contributed by atoms with Crippen molar-refractivity contribution in [1.29, 1.82) is 0 Å². The van der Waals surface area contributed by atoms with Gasteiger partial charge >= 0.3 is 5.97 Å². The second-order valence-electron chi connectivity index (χ2n) is 4.44. The van der Waals surface area contributed by atoms with Crippen LogP contribution in [-0.4, -0.2) is 15.6 Å². The number of hydrogen-bond donors (Lipinski definition) is 1. The number of carboxylic acid groups (broad SMARTS) is 1. The van der Waals surface area contributed by atoms with Crippen LogP contribution in [0.2, 0.25) is 0 Å². The number of carbonyl (C=O) groups is 1. The maximum Gasteiger partial charge on any atom is 0.352 e. The Morgan fingerprint density at radius 3 is 2.63 bits per heavy atom. The Morgan fingerprint density at radius 1 is 1.42 bits per heavy atom. The lowest BCUT2D eigenvalue weighted by molar-refractivity contribution is 0.0683. The molecule has 0 amide bonds. The van der Waals surface area contributed by atoms with Gasteiger partial charge in [-0.25, -0.2) is 9.18 Å². The minimum atomic E-state index is -0.961. The maximum absolute atomic E-state index is 12.8. The van der Waals surface area contributed by atoms with E-state index in [1.54, 1.807) is 29.0 Å². The van der Waals surface area contributed by atoms with Crippen molar-refractivity contribution in [2.45, 2.75) is 19.4 Å². The van der Waals surface area contributed by atoms with Gasteiger partial charge in [0.05, 0.1) is 0 Å². The monoisotopic (exact) mass is 325 g/mol. The molecule has 5 heteroatoms. The van der Waals surface area contributed by atoms with E-state index in [9.17, 15) is 9.18 Å². The van der Waals surface area contributed by atoms with Crippen molar-refractivity contribution < 1.29 is 14.3 Å². The average Bonchev–Trinajstić information content (AvgIpc) is 2.74. The van der Waals surface area contributed by atoms with Gasteiger partial charge in [-0.05, 0) is 53.0 Å². The van der Waals surface area contributed by atoms with Crippen LogP contribution in [0.3, 0.4) is 0 Å². The fourth-order valence-electron chi connectivity index (χ4n) is 2.04. The molecule has 0 aliphatic heterocycles. The summed E-state index contributed by atoms with van der Waals surface area (Å²) in [6.45, 7) is 1.93. The molecule has 0 saturated heterocycles. The van der Waals surface area contributed by atoms with Crippen LogP contribution in [0.5, 0.6) is 0 Å². The summed E-state index contributed by atoms with van der Waals surface area (Å²) in [7, 11) is 0. The van der Waals surface area contributed by atoms with Crippen molar-refractivity contribution >= 4 is 21.9 Å². The van der Waals surface area contributed by atoms with Gasteiger partial charge in [-0.1, -0.05) is 12.1 Å². The van der Waals surface area contributed by atoms with Gasteiger partial charge in [-0.2, -0.15) is 0 Å². The Kier molecular flexibility index (Phi) is 4.04. The molecule has 1 atom stereocenters. The summed E-state index contributed by atoms with van der Waals surface area (Å²) < 4.78 is 15.3. The van der Waals surface area contributed by atoms with Crippen LogP contribution >= 0.6 is 15.9 Å². The highest BCUT2D eigenvalue weighted by Gasteiger charge is 2.16. The number of hydrogen-bond acceptors (Lipinski definition) is 1. The zero-order valence-corrected chi connectivity index (χ0v) is 11.9. The highest BCUT2D eigenvalue weighted by Crippen LogP contribution is 2.22. The SMILES string of the molecule is CC(Cc1ccc(F)cc1)n1cc(Br)cc1C(=O)O. The van der Waals surface area contributed by atoms with Crippen molar-refractivity contribution in [3.63, 3.8) is 0 Å². The molecule has 2 rings (SSSR count). The molecule has 2 aromatic rings. The second kappa shape index (κ2) is 5.57. The van der Waals surface area contributed by atoms with Gasteiger partial charge in [0.1, 0.15) is 11.5 Å². The highest BCUT2D eigenvalue weighted by atomic mass is 79.9. The van der Waals surface area contributed by atoms with Crippen molar-refractivity contribution in [2.75, 3.05) is 0 Å². The number of aromatic carboxylic acids is 1. The summed E-state index contributed by atoms with van der Waals surface area (Å²) in [5.41, 5.74) is 1.21. The van der Waals surface area contributed by atoms with E-state index < -0.39 is 5.97 Å². The summed E-state index contributed by atoms with van der Waals surface area (Å²) in [5.74, 6) is -1.23. The number of rotatable bonds is 4. The molecule has 1 aromatic carbocycles. The first-order chi connectivity index (χ1) is 8.97. The van der Waals surface area contributed by atoms with Crippen LogP contribution in [0.4, 0.5) is 4.39 Å². The normalized spacial score (nSPS) is 12.4. The third kappa shape index (κ3) is 3.23. The minimum absolute atomic E-state index is 0.0251. The lowest BCUT2D eigenvalue weighted by Crippen LogP contribution is -2.13. The molecular weight excluding hydrogens is 313 g/mol. The zero-order chi connectivity index (χ0) is 14.0. The molecule has 3 nitrogen and oxygen atoms in total. The smallest absolute Gasteiger partial charge is 0.352 e. The van der Waals surface area contributed by atoms with E-state index in [1.165, 1.54) is 12.1 Å². The Labute approximate surface area is 118 Å². The molecule has 1 heterocycles. The van der Waals surface area contributed by atoms with Crippen LogP contribution < -0.4 is 0 Å². The summed E-state index contributed by atoms with van der Waals surface area (Å²) in [5, 5.41) is 9.14. The zero-order valence-electron chi connectivity index (χ0n) is 10.3. The van der Waals surface area contributed by atoms with Crippen LogP contribution in [0.1, 0.15) is 29.0 Å². The van der Waals surface area contributed by atoms with E-state index in [4.69, 9.17) is 5.11 Å².